The summed E-state index contributed by atoms with van der Waals surface area (Å²) in [5, 5.41) is 3.63. The summed E-state index contributed by atoms with van der Waals surface area (Å²) in [6.45, 7) is 2.06. The summed E-state index contributed by atoms with van der Waals surface area (Å²) >= 11 is 6.03. The molecule has 0 spiro atoms. The van der Waals surface area contributed by atoms with E-state index in [1.165, 1.54) is 4.90 Å². The third kappa shape index (κ3) is 4.60. The molecule has 0 bridgehead atoms. The van der Waals surface area contributed by atoms with E-state index in [0.717, 1.165) is 37.7 Å². The smallest absolute Gasteiger partial charge is 0.254 e. The van der Waals surface area contributed by atoms with Gasteiger partial charge in [-0.1, -0.05) is 61.2 Å². The zero-order valence-electron chi connectivity index (χ0n) is 18.9. The number of benzene rings is 2. The Morgan fingerprint density at radius 3 is 2.36 bits per heavy atom. The predicted octanol–water partition coefficient (Wildman–Crippen LogP) is 5.05. The molecule has 1 unspecified atom stereocenters. The monoisotopic (exact) mass is 464 g/mol. The number of nitrogens with one attached hydrogen (secondary N) is 1. The molecule has 1 saturated carbocycles. The molecule has 1 aliphatic heterocycles. The van der Waals surface area contributed by atoms with Crippen LogP contribution in [-0.2, 0) is 9.59 Å². The van der Waals surface area contributed by atoms with Crippen molar-refractivity contribution in [2.75, 3.05) is 6.54 Å². The lowest BCUT2D eigenvalue weighted by molar-refractivity contribution is -0.138. The van der Waals surface area contributed by atoms with E-state index in [9.17, 15) is 14.4 Å². The van der Waals surface area contributed by atoms with Crippen molar-refractivity contribution in [3.63, 3.8) is 0 Å². The molecule has 5 nitrogen and oxygen atoms in total. The Morgan fingerprint density at radius 1 is 1.06 bits per heavy atom. The molecule has 6 heteroatoms. The maximum absolute atomic E-state index is 14.0. The number of likely N-dealkylation sites (N-methyl/N-ethyl adjacent to an activating group) is 1. The number of carbonyl (C=O) groups is 3. The fraction of sp³-hybridized carbons (Fsp3) is 0.370. The highest BCUT2D eigenvalue weighted by molar-refractivity contribution is 6.31. The Kier molecular flexibility index (Phi) is 6.99. The van der Waals surface area contributed by atoms with E-state index in [1.807, 2.05) is 30.3 Å². The summed E-state index contributed by atoms with van der Waals surface area (Å²) in [6.07, 6.45) is 6.87. The maximum Gasteiger partial charge on any atom is 0.254 e. The molecule has 2 aromatic rings. The Bertz CT molecular complexity index is 1060. The molecule has 1 heterocycles. The number of carbonyl (C=O) groups excluding carboxylic acids is 3. The van der Waals surface area contributed by atoms with E-state index in [1.54, 1.807) is 37.3 Å². The van der Waals surface area contributed by atoms with Gasteiger partial charge in [0.25, 0.3) is 11.8 Å². The molecule has 1 aliphatic carbocycles. The van der Waals surface area contributed by atoms with Gasteiger partial charge in [-0.15, -0.1) is 0 Å². The molecule has 0 radical (unpaired) electrons. The number of Topliss-reactive ketones (excluding diaryl/α,β-unsaturated/α-hetero) is 1. The fourth-order valence-electron chi connectivity index (χ4n) is 4.97. The largest absolute Gasteiger partial charge is 0.351 e. The first-order valence-corrected chi connectivity index (χ1v) is 12.0. The zero-order chi connectivity index (χ0) is 23.4. The summed E-state index contributed by atoms with van der Waals surface area (Å²) in [5.74, 6) is -1.04. The highest BCUT2D eigenvalue weighted by Gasteiger charge is 2.58. The fourth-order valence-corrected chi connectivity index (χ4v) is 5.10. The van der Waals surface area contributed by atoms with Crippen molar-refractivity contribution in [3.05, 3.63) is 76.3 Å². The highest BCUT2D eigenvalue weighted by atomic mass is 35.5. The average Bonchev–Trinajstić information content (AvgIpc) is 3.12. The van der Waals surface area contributed by atoms with E-state index in [-0.39, 0.29) is 36.6 Å². The van der Waals surface area contributed by atoms with Crippen LogP contribution in [0.1, 0.15) is 61.4 Å². The van der Waals surface area contributed by atoms with Crippen molar-refractivity contribution in [1.29, 1.82) is 0 Å². The van der Waals surface area contributed by atoms with Crippen molar-refractivity contribution >= 4 is 35.3 Å². The molecule has 2 aromatic carbocycles. The van der Waals surface area contributed by atoms with Crippen LogP contribution < -0.4 is 5.32 Å². The molecule has 2 amide bonds. The normalized spacial score (nSPS) is 22.5. The van der Waals surface area contributed by atoms with Gasteiger partial charge in [-0.2, -0.15) is 0 Å². The second kappa shape index (κ2) is 9.92. The van der Waals surface area contributed by atoms with Crippen LogP contribution in [0.2, 0.25) is 5.02 Å². The van der Waals surface area contributed by atoms with Crippen LogP contribution in [0.15, 0.2) is 60.2 Å². The zero-order valence-corrected chi connectivity index (χ0v) is 19.6. The standard InChI is InChI=1S/C27H29ClN2O3/c1-2-30-25(32)21(17-19-9-5-3-6-10-19)18-27(30,24(31)20-13-15-22(28)16-14-20)26(33)29-23-11-7-4-8-12-23/h3,5-6,9-10,13-17,23H,2,4,7-8,11-12,18H2,1H3,(H,29,33)/b21-17+. The Labute approximate surface area is 199 Å². The lowest BCUT2D eigenvalue weighted by Crippen LogP contribution is -2.62. The van der Waals surface area contributed by atoms with Gasteiger partial charge in [0.1, 0.15) is 0 Å². The van der Waals surface area contributed by atoms with Crippen LogP contribution in [0.3, 0.4) is 0 Å². The number of hydrogen-bond acceptors (Lipinski definition) is 3. The Morgan fingerprint density at radius 2 is 1.73 bits per heavy atom. The van der Waals surface area contributed by atoms with Gasteiger partial charge in [0.2, 0.25) is 0 Å². The average molecular weight is 465 g/mol. The maximum atomic E-state index is 14.0. The summed E-state index contributed by atoms with van der Waals surface area (Å²) in [7, 11) is 0. The van der Waals surface area contributed by atoms with Gasteiger partial charge in [0, 0.05) is 35.2 Å². The van der Waals surface area contributed by atoms with Gasteiger partial charge in [-0.3, -0.25) is 14.4 Å². The molecule has 0 aromatic heterocycles. The first kappa shape index (κ1) is 23.2. The first-order valence-electron chi connectivity index (χ1n) is 11.6. The van der Waals surface area contributed by atoms with Gasteiger partial charge in [0.05, 0.1) is 0 Å². The second-order valence-corrected chi connectivity index (χ2v) is 9.25. The van der Waals surface area contributed by atoms with Crippen molar-refractivity contribution in [1.82, 2.24) is 10.2 Å². The molecule has 4 rings (SSSR count). The van der Waals surface area contributed by atoms with Gasteiger partial charge in [0.15, 0.2) is 11.3 Å². The summed E-state index contributed by atoms with van der Waals surface area (Å²) in [5.41, 5.74) is 0.0754. The minimum absolute atomic E-state index is 0.0251. The molecule has 172 valence electrons. The van der Waals surface area contributed by atoms with Crippen molar-refractivity contribution in [2.45, 2.75) is 57.0 Å². The summed E-state index contributed by atoms with van der Waals surface area (Å²) in [6, 6.07) is 16.0. The first-order chi connectivity index (χ1) is 16.0. The molecule has 33 heavy (non-hydrogen) atoms. The van der Waals surface area contributed by atoms with E-state index in [2.05, 4.69) is 5.32 Å². The summed E-state index contributed by atoms with van der Waals surface area (Å²) < 4.78 is 0. The van der Waals surface area contributed by atoms with Crippen LogP contribution in [0, 0.1) is 0 Å². The van der Waals surface area contributed by atoms with E-state index < -0.39 is 5.54 Å². The quantitative estimate of drug-likeness (QED) is 0.369. The van der Waals surface area contributed by atoms with Gasteiger partial charge >= 0.3 is 0 Å². The van der Waals surface area contributed by atoms with E-state index in [0.29, 0.717) is 16.2 Å². The molecule has 1 atom stereocenters. The van der Waals surface area contributed by atoms with E-state index in [4.69, 9.17) is 11.6 Å². The second-order valence-electron chi connectivity index (χ2n) is 8.81. The topological polar surface area (TPSA) is 66.5 Å². The minimum Gasteiger partial charge on any atom is -0.351 e. The van der Waals surface area contributed by atoms with Gasteiger partial charge in [-0.05, 0) is 55.7 Å². The molecular formula is C27H29ClN2O3. The Hall–Kier alpha value is -2.92. The number of halogens is 1. The predicted molar refractivity (Wildman–Crippen MR) is 130 cm³/mol. The number of rotatable bonds is 6. The van der Waals surface area contributed by atoms with Crippen LogP contribution in [0.25, 0.3) is 6.08 Å². The van der Waals surface area contributed by atoms with Crippen molar-refractivity contribution in [2.24, 2.45) is 0 Å². The Balaban J connectivity index is 1.77. The van der Waals surface area contributed by atoms with Crippen LogP contribution >= 0.6 is 11.6 Å². The van der Waals surface area contributed by atoms with Gasteiger partial charge < -0.3 is 10.2 Å². The lowest BCUT2D eigenvalue weighted by atomic mass is 9.83. The number of likely N-dealkylation sites (tertiary alicyclic amines) is 1. The molecular weight excluding hydrogens is 436 g/mol. The van der Waals surface area contributed by atoms with Gasteiger partial charge in [-0.25, -0.2) is 0 Å². The number of ketones is 1. The lowest BCUT2D eigenvalue weighted by Gasteiger charge is -2.36. The van der Waals surface area contributed by atoms with E-state index >= 15 is 0 Å². The van der Waals surface area contributed by atoms with Crippen LogP contribution in [0.4, 0.5) is 0 Å². The van der Waals surface area contributed by atoms with Crippen molar-refractivity contribution in [3.8, 4) is 0 Å². The van der Waals surface area contributed by atoms with Crippen LogP contribution in [0.5, 0.6) is 0 Å². The minimum atomic E-state index is -1.61. The molecule has 1 saturated heterocycles. The van der Waals surface area contributed by atoms with Crippen molar-refractivity contribution < 1.29 is 14.4 Å². The third-order valence-electron chi connectivity index (χ3n) is 6.68. The highest BCUT2D eigenvalue weighted by Crippen LogP contribution is 2.38. The molecule has 2 aliphatic rings. The van der Waals surface area contributed by atoms with Crippen LogP contribution in [-0.4, -0.2) is 40.6 Å². The summed E-state index contributed by atoms with van der Waals surface area (Å²) in [4.78, 5) is 42.7. The SMILES string of the molecule is CCN1C(=O)/C(=C/c2ccccc2)CC1(C(=O)NC1CCCCC1)C(=O)c1ccc(Cl)cc1. The number of hydrogen-bond donors (Lipinski definition) is 1. The number of nitrogens with zero attached hydrogens (tertiary/aromatic N) is 1. The molecule has 2 fully saturated rings. The number of amides is 2. The molecule has 1 N–H and O–H groups in total. The third-order valence-corrected chi connectivity index (χ3v) is 6.93.